The van der Waals surface area contributed by atoms with E-state index in [0.29, 0.717) is 128 Å². The number of methoxy groups -OCH3 is 2. The largest absolute Gasteiger partial charge is 0.481 e. The predicted octanol–water partition coefficient (Wildman–Crippen LogP) is 6.05. The summed E-state index contributed by atoms with van der Waals surface area (Å²) in [6, 6.07) is 12.5. The highest BCUT2D eigenvalue weighted by molar-refractivity contribution is 7.86. The standard InChI is InChI=1S/C48H70N2O15S2/c1-47(2,3)41-35-38(65-44-34-37(15-17-40(41)44)49(21-23-61-29-31-63-27-25-59-5)22-24-62-30-32-64-28-26-60-6)12-10-13-45-48(4,19-11-33-66(53,54)55)42-36-39(67(56,57)58)16-18-43(42)50(45)20-9-7-8-14-46(51)52/h10,12-13,15-18,34-36H,7-9,11,14,19-33H2,1-6H3,(H2-,51,52,53,54,55,56,57,58)/p+1. The van der Waals surface area contributed by atoms with Crippen LogP contribution in [0.15, 0.2) is 69.6 Å². The monoisotopic (exact) mass is 979 g/mol. The molecule has 0 spiro atoms. The zero-order valence-electron chi connectivity index (χ0n) is 39.9. The number of anilines is 1. The molecule has 0 saturated carbocycles. The van der Waals surface area contributed by atoms with Gasteiger partial charge in [-0.1, -0.05) is 33.3 Å². The van der Waals surface area contributed by atoms with E-state index >= 15 is 0 Å². The van der Waals surface area contributed by atoms with Crippen LogP contribution in [0.5, 0.6) is 0 Å². The van der Waals surface area contributed by atoms with Crippen LogP contribution in [-0.4, -0.2) is 143 Å². The number of rotatable bonds is 31. The molecule has 0 bridgehead atoms. The number of hydrogen-bond donors (Lipinski definition) is 3. The molecule has 3 aliphatic rings. The van der Waals surface area contributed by atoms with Crippen LogP contribution in [0.3, 0.4) is 0 Å². The second kappa shape index (κ2) is 26.7. The molecule has 3 N–H and O–H groups in total. The lowest BCUT2D eigenvalue weighted by atomic mass is 9.77. The Morgan fingerprint density at radius 3 is 1.97 bits per heavy atom. The van der Waals surface area contributed by atoms with Crippen LogP contribution in [0.25, 0.3) is 17.4 Å². The fraction of sp³-hybridized carbons (Fsp3) is 0.583. The van der Waals surface area contributed by atoms with E-state index in [2.05, 4.69) is 37.5 Å². The van der Waals surface area contributed by atoms with Gasteiger partial charge in [-0.05, 0) is 91.6 Å². The number of hydrogen-bond acceptors (Lipinski definition) is 13. The first kappa shape index (κ1) is 55.6. The summed E-state index contributed by atoms with van der Waals surface area (Å²) in [7, 11) is -5.64. The van der Waals surface area contributed by atoms with Crippen molar-refractivity contribution in [1.82, 2.24) is 4.58 Å². The van der Waals surface area contributed by atoms with E-state index in [-0.39, 0.29) is 29.6 Å². The van der Waals surface area contributed by atoms with Crippen LogP contribution < -0.4 is 14.8 Å². The summed E-state index contributed by atoms with van der Waals surface area (Å²) in [5, 5.41) is 10.1. The highest BCUT2D eigenvalue weighted by Crippen LogP contribution is 2.51. The molecular formula is C48H71N2O15S2+. The maximum Gasteiger partial charge on any atom is 0.303 e. The van der Waals surface area contributed by atoms with E-state index in [9.17, 15) is 35.8 Å². The molecule has 0 amide bonds. The fourth-order valence-electron chi connectivity index (χ4n) is 8.00. The highest BCUT2D eigenvalue weighted by atomic mass is 32.2. The summed E-state index contributed by atoms with van der Waals surface area (Å²) in [6.07, 6.45) is 7.54. The first-order valence-corrected chi connectivity index (χ1v) is 25.7. The fourth-order valence-corrected chi connectivity index (χ4v) is 9.02. The number of carboxylic acid groups (broad SMARTS) is 1. The Labute approximate surface area is 396 Å². The Balaban J connectivity index is 1.76. The van der Waals surface area contributed by atoms with Gasteiger partial charge in [-0.2, -0.15) is 16.8 Å². The second-order valence-electron chi connectivity index (χ2n) is 17.6. The Kier molecular flexibility index (Phi) is 22.1. The van der Waals surface area contributed by atoms with E-state index in [0.717, 1.165) is 22.2 Å². The van der Waals surface area contributed by atoms with Crippen molar-refractivity contribution in [3.05, 3.63) is 82.6 Å². The average molecular weight is 980 g/mol. The Morgan fingerprint density at radius 2 is 1.40 bits per heavy atom. The second-order valence-corrected chi connectivity index (χ2v) is 20.6. The summed E-state index contributed by atoms with van der Waals surface area (Å²) in [4.78, 5) is 12.9. The van der Waals surface area contributed by atoms with Gasteiger partial charge < -0.3 is 42.8 Å². The van der Waals surface area contributed by atoms with Gasteiger partial charge in [0.05, 0.1) is 69.6 Å². The minimum atomic E-state index is -4.59. The van der Waals surface area contributed by atoms with Gasteiger partial charge in [0.2, 0.25) is 5.36 Å². The topological polar surface area (TPSA) is 221 Å². The number of aliphatic carboxylic acids is 1. The van der Waals surface area contributed by atoms with Gasteiger partial charge in [0.15, 0.2) is 13.1 Å². The van der Waals surface area contributed by atoms with Crippen molar-refractivity contribution in [2.24, 2.45) is 0 Å². The number of benzene rings is 2. The number of unbranched alkanes of at least 4 members (excludes halogenated alkanes) is 2. The van der Waals surface area contributed by atoms with Gasteiger partial charge in [-0.25, -0.2) is 4.58 Å². The molecule has 0 saturated heterocycles. The van der Waals surface area contributed by atoms with Crippen LogP contribution in [0, 0.1) is 0 Å². The van der Waals surface area contributed by atoms with Gasteiger partial charge in [-0.3, -0.25) is 13.9 Å². The average Bonchev–Trinajstić information content (AvgIpc) is 3.48. The van der Waals surface area contributed by atoms with Gasteiger partial charge >= 0.3 is 5.97 Å². The first-order chi connectivity index (χ1) is 31.8. The third kappa shape index (κ3) is 17.8. The van der Waals surface area contributed by atoms with E-state index < -0.39 is 37.4 Å². The Bertz CT molecular complexity index is 2350. The molecule has 17 nitrogen and oxygen atoms in total. The smallest absolute Gasteiger partial charge is 0.303 e. The molecule has 0 aromatic heterocycles. The normalized spacial score (nSPS) is 16.2. The first-order valence-electron chi connectivity index (χ1n) is 22.7. The molecule has 0 fully saturated rings. The maximum atomic E-state index is 12.4. The van der Waals surface area contributed by atoms with Gasteiger partial charge in [0.25, 0.3) is 20.2 Å². The maximum absolute atomic E-state index is 12.4. The number of allylic oxidation sites excluding steroid dienone is 3. The molecule has 4 rings (SSSR count). The van der Waals surface area contributed by atoms with Crippen LogP contribution >= 0.6 is 0 Å². The minimum absolute atomic E-state index is 0.0268. The molecule has 1 atom stereocenters. The van der Waals surface area contributed by atoms with Crippen molar-refractivity contribution < 1.29 is 68.7 Å². The molecule has 1 unspecified atom stereocenters. The quantitative estimate of drug-likeness (QED) is 0.0380. The third-order valence-electron chi connectivity index (χ3n) is 11.4. The summed E-state index contributed by atoms with van der Waals surface area (Å²) in [6.45, 7) is 14.6. The lowest BCUT2D eigenvalue weighted by Crippen LogP contribution is -2.36. The van der Waals surface area contributed by atoms with Crippen molar-refractivity contribution in [2.45, 2.75) is 81.9 Å². The van der Waals surface area contributed by atoms with Crippen molar-refractivity contribution >= 4 is 38.0 Å². The minimum Gasteiger partial charge on any atom is -0.481 e. The molecule has 1 aromatic carbocycles. The van der Waals surface area contributed by atoms with Gasteiger partial charge in [-0.15, -0.1) is 0 Å². The summed E-state index contributed by atoms with van der Waals surface area (Å²) in [5.74, 6) is -0.172. The molecule has 67 heavy (non-hydrogen) atoms. The Morgan fingerprint density at radius 1 is 0.791 bits per heavy atom. The molecule has 374 valence electrons. The zero-order valence-corrected chi connectivity index (χ0v) is 41.5. The number of fused-ring (bicyclic) bond motifs is 2. The van der Waals surface area contributed by atoms with Crippen LogP contribution in [0.2, 0.25) is 0 Å². The molecular weight excluding hydrogens is 909 g/mol. The van der Waals surface area contributed by atoms with Crippen LogP contribution in [-0.2, 0) is 64.3 Å². The third-order valence-corrected chi connectivity index (χ3v) is 13.1. The van der Waals surface area contributed by atoms with Crippen LogP contribution in [0.4, 0.5) is 5.69 Å². The van der Waals surface area contributed by atoms with Crippen molar-refractivity contribution in [2.75, 3.05) is 111 Å². The molecule has 2 heterocycles. The van der Waals surface area contributed by atoms with E-state index in [1.165, 1.54) is 12.1 Å². The highest BCUT2D eigenvalue weighted by Gasteiger charge is 2.43. The van der Waals surface area contributed by atoms with Gasteiger partial charge in [0, 0.05) is 55.6 Å². The predicted molar refractivity (Wildman–Crippen MR) is 256 cm³/mol. The molecule has 19 heteroatoms. The number of ether oxygens (including phenoxy) is 6. The van der Waals surface area contributed by atoms with E-state index in [1.807, 2.05) is 42.2 Å². The molecule has 1 aromatic rings. The van der Waals surface area contributed by atoms with Crippen molar-refractivity contribution in [3.63, 3.8) is 0 Å². The molecule has 0 radical (unpaired) electrons. The summed E-state index contributed by atoms with van der Waals surface area (Å²) >= 11 is 0. The molecule has 2 aliphatic heterocycles. The van der Waals surface area contributed by atoms with Crippen molar-refractivity contribution in [3.8, 4) is 11.3 Å². The zero-order chi connectivity index (χ0) is 49.1. The van der Waals surface area contributed by atoms with E-state index in [4.69, 9.17) is 32.8 Å². The number of carboxylic acids is 1. The van der Waals surface area contributed by atoms with Gasteiger partial charge in [0.1, 0.15) is 24.7 Å². The lowest BCUT2D eigenvalue weighted by Gasteiger charge is -2.30. The van der Waals surface area contributed by atoms with Crippen LogP contribution in [0.1, 0.15) is 83.1 Å². The molecule has 1 aliphatic carbocycles. The van der Waals surface area contributed by atoms with E-state index in [1.54, 1.807) is 20.3 Å². The number of nitrogens with zero attached hydrogens (tertiary/aromatic N) is 2. The Hall–Kier alpha value is -4.02. The summed E-state index contributed by atoms with van der Waals surface area (Å²) in [5.41, 5.74) is 2.71. The number of carbonyl (C=O) groups is 1. The van der Waals surface area contributed by atoms with Crippen molar-refractivity contribution in [1.29, 1.82) is 0 Å². The lowest BCUT2D eigenvalue weighted by molar-refractivity contribution is -0.137. The summed E-state index contributed by atoms with van der Waals surface area (Å²) < 4.78 is 110. The SMILES string of the molecule is COCCOCCOCC[N+](CCOCCOCCOC)=c1ccc2c(C(C)(C)C)cc(/C=C/C=C3/N(CCCCCC(=O)O)c4ccc(S(=O)(=O)O)cc4C3(C)CCCS(=O)(=O)O)oc-2c1.